The van der Waals surface area contributed by atoms with Crippen LogP contribution >= 0.6 is 0 Å². The van der Waals surface area contributed by atoms with Crippen molar-refractivity contribution in [3.63, 3.8) is 0 Å². The minimum absolute atomic E-state index is 0.772. The molecule has 0 amide bonds. The summed E-state index contributed by atoms with van der Waals surface area (Å²) in [5.74, 6) is 1.77. The quantitative estimate of drug-likeness (QED) is 0.463. The molecule has 20 heavy (non-hydrogen) atoms. The molecule has 0 aliphatic heterocycles. The van der Waals surface area contributed by atoms with Gasteiger partial charge < -0.3 is 9.47 Å². The van der Waals surface area contributed by atoms with Crippen LogP contribution in [0.3, 0.4) is 0 Å². The van der Waals surface area contributed by atoms with Gasteiger partial charge in [-0.3, -0.25) is 0 Å². The van der Waals surface area contributed by atoms with Gasteiger partial charge in [0.05, 0.1) is 13.2 Å². The van der Waals surface area contributed by atoms with E-state index in [4.69, 9.17) is 9.47 Å². The Hall–Kier alpha value is -1.18. The minimum Gasteiger partial charge on any atom is -0.490 e. The molecule has 0 aromatic heterocycles. The molecule has 0 bridgehead atoms. The lowest BCUT2D eigenvalue weighted by atomic mass is 10.1. The summed E-state index contributed by atoms with van der Waals surface area (Å²) >= 11 is 0. The van der Waals surface area contributed by atoms with E-state index in [0.717, 1.165) is 44.0 Å². The fourth-order valence-corrected chi connectivity index (χ4v) is 2.08. The first-order valence-corrected chi connectivity index (χ1v) is 8.23. The van der Waals surface area contributed by atoms with E-state index in [1.165, 1.54) is 32.1 Å². The molecule has 0 unspecified atom stereocenters. The van der Waals surface area contributed by atoms with Gasteiger partial charge in [-0.05, 0) is 25.0 Å². The first kappa shape index (κ1) is 16.9. The number of ether oxygens (including phenoxy) is 2. The SMILES string of the molecule is CCCCCCCCOc1ccccc1OCCCC. The predicted molar refractivity (Wildman–Crippen MR) is 85.7 cm³/mol. The van der Waals surface area contributed by atoms with Crippen molar-refractivity contribution >= 4 is 0 Å². The zero-order valence-corrected chi connectivity index (χ0v) is 13.2. The number of hydrogen-bond acceptors (Lipinski definition) is 2. The Balaban J connectivity index is 2.21. The standard InChI is InChI=1S/C18H30O2/c1-3-5-7-8-9-12-16-20-18-14-11-10-13-17(18)19-15-6-4-2/h10-11,13-14H,3-9,12,15-16H2,1-2H3. The lowest BCUT2D eigenvalue weighted by molar-refractivity contribution is 0.260. The summed E-state index contributed by atoms with van der Waals surface area (Å²) in [5, 5.41) is 0. The molecule has 0 aliphatic rings. The molecule has 0 heterocycles. The fourth-order valence-electron chi connectivity index (χ4n) is 2.08. The van der Waals surface area contributed by atoms with Crippen LogP contribution in [0.5, 0.6) is 11.5 Å². The maximum Gasteiger partial charge on any atom is 0.161 e. The molecule has 0 N–H and O–H groups in total. The molecule has 0 saturated heterocycles. The molecule has 0 fully saturated rings. The van der Waals surface area contributed by atoms with Crippen LogP contribution in [0.4, 0.5) is 0 Å². The monoisotopic (exact) mass is 278 g/mol. The van der Waals surface area contributed by atoms with Crippen LogP contribution < -0.4 is 9.47 Å². The highest BCUT2D eigenvalue weighted by molar-refractivity contribution is 5.39. The van der Waals surface area contributed by atoms with Crippen LogP contribution in [0.2, 0.25) is 0 Å². The molecule has 114 valence electrons. The number of unbranched alkanes of at least 4 members (excludes halogenated alkanes) is 6. The van der Waals surface area contributed by atoms with Crippen LogP contribution in [-0.4, -0.2) is 13.2 Å². The van der Waals surface area contributed by atoms with Gasteiger partial charge in [-0.15, -0.1) is 0 Å². The Bertz CT molecular complexity index is 336. The highest BCUT2D eigenvalue weighted by Gasteiger charge is 2.03. The number of benzene rings is 1. The van der Waals surface area contributed by atoms with E-state index in [-0.39, 0.29) is 0 Å². The lowest BCUT2D eigenvalue weighted by Crippen LogP contribution is -2.02. The lowest BCUT2D eigenvalue weighted by Gasteiger charge is -2.12. The molecule has 0 aliphatic carbocycles. The van der Waals surface area contributed by atoms with E-state index in [1.807, 2.05) is 24.3 Å². The van der Waals surface area contributed by atoms with Crippen molar-refractivity contribution in [1.29, 1.82) is 0 Å². The van der Waals surface area contributed by atoms with Crippen molar-refractivity contribution in [2.24, 2.45) is 0 Å². The van der Waals surface area contributed by atoms with Gasteiger partial charge >= 0.3 is 0 Å². The van der Waals surface area contributed by atoms with Crippen molar-refractivity contribution in [3.05, 3.63) is 24.3 Å². The summed E-state index contributed by atoms with van der Waals surface area (Å²) in [6.07, 6.45) is 9.98. The van der Waals surface area contributed by atoms with Gasteiger partial charge in [-0.1, -0.05) is 64.5 Å². The highest BCUT2D eigenvalue weighted by Crippen LogP contribution is 2.26. The summed E-state index contributed by atoms with van der Waals surface area (Å²) < 4.78 is 11.6. The Morgan fingerprint density at radius 3 is 1.75 bits per heavy atom. The Morgan fingerprint density at radius 1 is 0.650 bits per heavy atom. The molecule has 2 nitrogen and oxygen atoms in total. The predicted octanol–water partition coefficient (Wildman–Crippen LogP) is 5.60. The Labute approximate surface area is 124 Å². The first-order chi connectivity index (χ1) is 9.88. The Morgan fingerprint density at radius 2 is 1.15 bits per heavy atom. The number of rotatable bonds is 12. The van der Waals surface area contributed by atoms with Gasteiger partial charge in [0.1, 0.15) is 0 Å². The third-order valence-electron chi connectivity index (χ3n) is 3.36. The molecule has 1 aromatic rings. The van der Waals surface area contributed by atoms with Crippen molar-refractivity contribution in [2.45, 2.75) is 65.2 Å². The zero-order chi connectivity index (χ0) is 14.5. The maximum atomic E-state index is 5.85. The summed E-state index contributed by atoms with van der Waals surface area (Å²) in [6, 6.07) is 7.99. The normalized spacial score (nSPS) is 10.5. The van der Waals surface area contributed by atoms with Gasteiger partial charge in [-0.2, -0.15) is 0 Å². The molecule has 1 rings (SSSR count). The van der Waals surface area contributed by atoms with Crippen LogP contribution in [0.1, 0.15) is 65.2 Å². The van der Waals surface area contributed by atoms with Gasteiger partial charge in [-0.25, -0.2) is 0 Å². The van der Waals surface area contributed by atoms with E-state index in [1.54, 1.807) is 0 Å². The molecule has 0 spiro atoms. The van der Waals surface area contributed by atoms with Crippen molar-refractivity contribution in [3.8, 4) is 11.5 Å². The third-order valence-corrected chi connectivity index (χ3v) is 3.36. The molecule has 0 atom stereocenters. The van der Waals surface area contributed by atoms with Crippen molar-refractivity contribution in [2.75, 3.05) is 13.2 Å². The topological polar surface area (TPSA) is 18.5 Å². The summed E-state index contributed by atoms with van der Waals surface area (Å²) in [6.45, 7) is 5.98. The molecular formula is C18H30O2. The first-order valence-electron chi connectivity index (χ1n) is 8.23. The van der Waals surface area contributed by atoms with Crippen LogP contribution in [0.15, 0.2) is 24.3 Å². The fraction of sp³-hybridized carbons (Fsp3) is 0.667. The van der Waals surface area contributed by atoms with Crippen LogP contribution in [-0.2, 0) is 0 Å². The summed E-state index contributed by atoms with van der Waals surface area (Å²) in [7, 11) is 0. The maximum absolute atomic E-state index is 5.85. The average molecular weight is 278 g/mol. The van der Waals surface area contributed by atoms with E-state index < -0.39 is 0 Å². The molecule has 0 saturated carbocycles. The third kappa shape index (κ3) is 7.42. The summed E-state index contributed by atoms with van der Waals surface area (Å²) in [4.78, 5) is 0. The van der Waals surface area contributed by atoms with E-state index >= 15 is 0 Å². The minimum atomic E-state index is 0.772. The van der Waals surface area contributed by atoms with Crippen molar-refractivity contribution in [1.82, 2.24) is 0 Å². The molecule has 0 radical (unpaired) electrons. The largest absolute Gasteiger partial charge is 0.490 e. The van der Waals surface area contributed by atoms with E-state index in [2.05, 4.69) is 13.8 Å². The number of hydrogen-bond donors (Lipinski definition) is 0. The van der Waals surface area contributed by atoms with E-state index in [0.29, 0.717) is 0 Å². The van der Waals surface area contributed by atoms with Gasteiger partial charge in [0.15, 0.2) is 11.5 Å². The zero-order valence-electron chi connectivity index (χ0n) is 13.2. The van der Waals surface area contributed by atoms with Crippen LogP contribution in [0, 0.1) is 0 Å². The second kappa shape index (κ2) is 11.6. The summed E-state index contributed by atoms with van der Waals surface area (Å²) in [5.41, 5.74) is 0. The van der Waals surface area contributed by atoms with Crippen molar-refractivity contribution < 1.29 is 9.47 Å². The van der Waals surface area contributed by atoms with Gasteiger partial charge in [0.2, 0.25) is 0 Å². The Kier molecular flexibility index (Phi) is 9.81. The van der Waals surface area contributed by atoms with Gasteiger partial charge in [0.25, 0.3) is 0 Å². The average Bonchev–Trinajstić information content (AvgIpc) is 2.48. The number of para-hydroxylation sites is 2. The molecule has 2 heteroatoms. The van der Waals surface area contributed by atoms with Gasteiger partial charge in [0, 0.05) is 0 Å². The highest BCUT2D eigenvalue weighted by atomic mass is 16.5. The second-order valence-electron chi connectivity index (χ2n) is 5.26. The van der Waals surface area contributed by atoms with E-state index in [9.17, 15) is 0 Å². The molecular weight excluding hydrogens is 248 g/mol. The molecule has 1 aromatic carbocycles. The second-order valence-corrected chi connectivity index (χ2v) is 5.26. The smallest absolute Gasteiger partial charge is 0.161 e. The van der Waals surface area contributed by atoms with Crippen LogP contribution in [0.25, 0.3) is 0 Å².